The number of hydrogen-bond donors (Lipinski definition) is 1. The third-order valence-corrected chi connectivity index (χ3v) is 9.47. The molecule has 4 aromatic rings. The van der Waals surface area contributed by atoms with E-state index in [2.05, 4.69) is 30.3 Å². The molecule has 1 aromatic heterocycles. The lowest BCUT2D eigenvalue weighted by Crippen LogP contribution is -2.34. The first-order chi connectivity index (χ1) is 19.1. The van der Waals surface area contributed by atoms with Crippen LogP contribution in [0.4, 0.5) is 0 Å². The van der Waals surface area contributed by atoms with Crippen LogP contribution in [0.1, 0.15) is 66.3 Å². The number of carboxylic acid groups (broad SMARTS) is 1. The van der Waals surface area contributed by atoms with Crippen molar-refractivity contribution in [3.8, 4) is 0 Å². The second kappa shape index (κ2) is 11.8. The molecule has 206 valence electrons. The molecule has 1 atom stereocenters. The van der Waals surface area contributed by atoms with Gasteiger partial charge in [0.05, 0.1) is 16.8 Å². The van der Waals surface area contributed by atoms with Crippen molar-refractivity contribution in [1.82, 2.24) is 4.98 Å². The maximum atomic E-state index is 11.8. The van der Waals surface area contributed by atoms with Gasteiger partial charge in [-0.3, -0.25) is 0 Å². The predicted octanol–water partition coefficient (Wildman–Crippen LogP) is 7.22. The number of fused-ring (bicyclic) bond motifs is 1. The van der Waals surface area contributed by atoms with Gasteiger partial charge in [-0.05, 0) is 86.1 Å². The highest BCUT2D eigenvalue weighted by Crippen LogP contribution is 2.50. The minimum atomic E-state index is -0.938. The van der Waals surface area contributed by atoms with E-state index in [9.17, 15) is 15.0 Å². The van der Waals surface area contributed by atoms with Gasteiger partial charge in [0.2, 0.25) is 0 Å². The van der Waals surface area contributed by atoms with Crippen LogP contribution in [0.25, 0.3) is 23.1 Å². The van der Waals surface area contributed by atoms with Crippen LogP contribution < -0.4 is 5.11 Å². The van der Waals surface area contributed by atoms with Crippen LogP contribution in [0.5, 0.6) is 0 Å². The van der Waals surface area contributed by atoms with Crippen LogP contribution in [0.2, 0.25) is 5.02 Å². The van der Waals surface area contributed by atoms with Gasteiger partial charge in [-0.25, -0.2) is 4.98 Å². The fraction of sp³-hybridized carbons (Fsp3) is 0.294. The minimum absolute atomic E-state index is 0.0981. The number of nitrogens with zero attached hydrogens (tertiary/aromatic N) is 1. The van der Waals surface area contributed by atoms with E-state index in [0.29, 0.717) is 23.6 Å². The highest BCUT2D eigenvalue weighted by Gasteiger charge is 2.44. The first-order valence-electron chi connectivity index (χ1n) is 13.6. The van der Waals surface area contributed by atoms with Crippen molar-refractivity contribution in [2.45, 2.75) is 50.4 Å². The highest BCUT2D eigenvalue weighted by atomic mass is 35.5. The Kier molecular flexibility index (Phi) is 8.37. The standard InChI is InChI=1S/C34H34ClNO3S/c1-33(2,39)29-9-4-3-7-24(29)13-17-31(40-22-34(18-19-34)32(37)38)26-8-5-6-23(20-26)10-15-28-16-12-25-11-14-27(35)21-30(25)36-28/h3-12,14-16,20-21,31,39H,13,17-19,22H2,1-2H3,(H,37,38)/p-1/b15-10+/t31-/m0/s1. The SMILES string of the molecule is CC(C)(O)c1ccccc1CC[C@H](SCC1(C(=O)[O-])CC1)c1cccc(/C=C/c2ccc3ccc(Cl)cc3n2)c1. The summed E-state index contributed by atoms with van der Waals surface area (Å²) in [6, 6.07) is 26.1. The molecule has 5 rings (SSSR count). The van der Waals surface area contributed by atoms with Gasteiger partial charge in [0, 0.05) is 32.8 Å². The number of aryl methyl sites for hydroxylation is 1. The van der Waals surface area contributed by atoms with Crippen molar-refractivity contribution in [2.24, 2.45) is 5.41 Å². The van der Waals surface area contributed by atoms with Crippen molar-refractivity contribution in [3.63, 3.8) is 0 Å². The Bertz CT molecular complexity index is 1550. The number of halogens is 1. The van der Waals surface area contributed by atoms with Gasteiger partial charge in [-0.1, -0.05) is 78.3 Å². The van der Waals surface area contributed by atoms with E-state index >= 15 is 0 Å². The van der Waals surface area contributed by atoms with E-state index in [-0.39, 0.29) is 5.25 Å². The van der Waals surface area contributed by atoms with Gasteiger partial charge in [0.25, 0.3) is 0 Å². The monoisotopic (exact) mass is 570 g/mol. The zero-order valence-corrected chi connectivity index (χ0v) is 24.3. The molecular weight excluding hydrogens is 538 g/mol. The number of hydrogen-bond acceptors (Lipinski definition) is 5. The van der Waals surface area contributed by atoms with Gasteiger partial charge >= 0.3 is 0 Å². The van der Waals surface area contributed by atoms with Crippen molar-refractivity contribution in [1.29, 1.82) is 0 Å². The van der Waals surface area contributed by atoms with E-state index in [1.807, 2.05) is 74.5 Å². The van der Waals surface area contributed by atoms with Crippen molar-refractivity contribution in [2.75, 3.05) is 5.75 Å². The molecule has 1 N–H and O–H groups in total. The Balaban J connectivity index is 1.38. The van der Waals surface area contributed by atoms with Crippen LogP contribution >= 0.6 is 23.4 Å². The Morgan fingerprint density at radius 1 is 1.07 bits per heavy atom. The van der Waals surface area contributed by atoms with E-state index in [1.54, 1.807) is 11.8 Å². The summed E-state index contributed by atoms with van der Waals surface area (Å²) >= 11 is 7.85. The summed E-state index contributed by atoms with van der Waals surface area (Å²) < 4.78 is 0. The number of pyridine rings is 1. The molecule has 4 nitrogen and oxygen atoms in total. The third kappa shape index (κ3) is 6.77. The summed E-state index contributed by atoms with van der Waals surface area (Å²) in [6.07, 6.45) is 7.01. The molecule has 1 fully saturated rings. The average Bonchev–Trinajstić information content (AvgIpc) is 3.73. The zero-order chi connectivity index (χ0) is 28.3. The lowest BCUT2D eigenvalue weighted by atomic mass is 9.90. The topological polar surface area (TPSA) is 73.2 Å². The minimum Gasteiger partial charge on any atom is -0.550 e. The van der Waals surface area contributed by atoms with E-state index < -0.39 is 17.0 Å². The van der Waals surface area contributed by atoms with Gasteiger partial charge in [0.1, 0.15) is 0 Å². The molecule has 40 heavy (non-hydrogen) atoms. The van der Waals surface area contributed by atoms with Gasteiger partial charge in [-0.15, -0.1) is 0 Å². The number of aromatic nitrogens is 1. The van der Waals surface area contributed by atoms with Crippen LogP contribution in [0, 0.1) is 5.41 Å². The summed E-state index contributed by atoms with van der Waals surface area (Å²) in [5, 5.41) is 24.3. The number of carbonyl (C=O) groups excluding carboxylic acids is 1. The van der Waals surface area contributed by atoms with Crippen molar-refractivity contribution >= 4 is 52.4 Å². The molecule has 1 saturated carbocycles. The smallest absolute Gasteiger partial charge is 0.0843 e. The number of carboxylic acids is 1. The molecular formula is C34H33ClNO3S-. The average molecular weight is 571 g/mol. The van der Waals surface area contributed by atoms with Gasteiger partial charge in [0.15, 0.2) is 0 Å². The van der Waals surface area contributed by atoms with Crippen molar-refractivity contribution in [3.05, 3.63) is 112 Å². The summed E-state index contributed by atoms with van der Waals surface area (Å²) in [5.74, 6) is -0.400. The van der Waals surface area contributed by atoms with Gasteiger partial charge in [-0.2, -0.15) is 11.8 Å². The van der Waals surface area contributed by atoms with Gasteiger partial charge < -0.3 is 15.0 Å². The maximum Gasteiger partial charge on any atom is 0.0843 e. The lowest BCUT2D eigenvalue weighted by molar-refractivity contribution is -0.312. The normalized spacial score (nSPS) is 15.4. The van der Waals surface area contributed by atoms with E-state index in [1.165, 1.54) is 0 Å². The Hall–Kier alpha value is -3.12. The Labute approximate surface area is 245 Å². The fourth-order valence-corrected chi connectivity index (χ4v) is 6.75. The molecule has 0 bridgehead atoms. The predicted molar refractivity (Wildman–Crippen MR) is 164 cm³/mol. The largest absolute Gasteiger partial charge is 0.550 e. The molecule has 0 unspecified atom stereocenters. The lowest BCUT2D eigenvalue weighted by Gasteiger charge is -2.25. The number of rotatable bonds is 11. The number of aliphatic carboxylic acids is 1. The molecule has 0 aliphatic heterocycles. The number of benzene rings is 3. The molecule has 6 heteroatoms. The molecule has 0 spiro atoms. The third-order valence-electron chi connectivity index (χ3n) is 7.60. The molecule has 1 heterocycles. The number of carbonyl (C=O) groups is 1. The Morgan fingerprint density at radius 3 is 2.60 bits per heavy atom. The molecule has 0 amide bonds. The molecule has 1 aliphatic rings. The fourth-order valence-electron chi connectivity index (χ4n) is 5.03. The van der Waals surface area contributed by atoms with Crippen LogP contribution in [0.3, 0.4) is 0 Å². The second-order valence-corrected chi connectivity index (χ2v) is 12.8. The summed E-state index contributed by atoms with van der Waals surface area (Å²) in [5.41, 5.74) is 4.31. The first kappa shape index (κ1) is 28.4. The molecule has 0 saturated heterocycles. The first-order valence-corrected chi connectivity index (χ1v) is 15.0. The number of thioether (sulfide) groups is 1. The molecule has 3 aromatic carbocycles. The second-order valence-electron chi connectivity index (χ2n) is 11.2. The number of aliphatic hydroxyl groups is 1. The van der Waals surface area contributed by atoms with Crippen LogP contribution in [0.15, 0.2) is 78.9 Å². The van der Waals surface area contributed by atoms with Crippen LogP contribution in [-0.4, -0.2) is 21.8 Å². The maximum absolute atomic E-state index is 11.8. The summed E-state index contributed by atoms with van der Waals surface area (Å²) in [7, 11) is 0. The van der Waals surface area contributed by atoms with Crippen molar-refractivity contribution < 1.29 is 15.0 Å². The van der Waals surface area contributed by atoms with E-state index in [0.717, 1.165) is 51.7 Å². The zero-order valence-electron chi connectivity index (χ0n) is 22.8. The molecule has 0 radical (unpaired) electrons. The van der Waals surface area contributed by atoms with Crippen LogP contribution in [-0.2, 0) is 16.8 Å². The summed E-state index contributed by atoms with van der Waals surface area (Å²) in [4.78, 5) is 16.5. The Morgan fingerprint density at radius 2 is 1.85 bits per heavy atom. The highest BCUT2D eigenvalue weighted by molar-refractivity contribution is 7.99. The quantitative estimate of drug-likeness (QED) is 0.206. The molecule has 1 aliphatic carbocycles. The summed E-state index contributed by atoms with van der Waals surface area (Å²) in [6.45, 7) is 3.62. The van der Waals surface area contributed by atoms with E-state index in [4.69, 9.17) is 16.6 Å².